The molecule has 0 bridgehead atoms. The van der Waals surface area contributed by atoms with Gasteiger partial charge in [-0.25, -0.2) is 0 Å². The fourth-order valence-electron chi connectivity index (χ4n) is 1.97. The first-order chi connectivity index (χ1) is 7.90. The van der Waals surface area contributed by atoms with Crippen LogP contribution in [0.1, 0.15) is 18.4 Å². The zero-order valence-corrected chi connectivity index (χ0v) is 9.52. The van der Waals surface area contributed by atoms with Gasteiger partial charge in [0.15, 0.2) is 0 Å². The molecule has 16 heavy (non-hydrogen) atoms. The summed E-state index contributed by atoms with van der Waals surface area (Å²) in [5.74, 6) is 0.948. The van der Waals surface area contributed by atoms with Crippen molar-refractivity contribution >= 4 is 0 Å². The Kier molecular flexibility index (Phi) is 4.19. The van der Waals surface area contributed by atoms with Crippen LogP contribution in [-0.2, 0) is 11.2 Å². The molecule has 0 saturated carbocycles. The zero-order valence-electron chi connectivity index (χ0n) is 9.52. The summed E-state index contributed by atoms with van der Waals surface area (Å²) in [6.07, 6.45) is 3.39. The van der Waals surface area contributed by atoms with E-state index < -0.39 is 0 Å². The Bertz CT molecular complexity index is 321. The van der Waals surface area contributed by atoms with Crippen LogP contribution in [0.5, 0.6) is 5.75 Å². The molecule has 0 amide bonds. The molecule has 0 aliphatic carbocycles. The Hall–Kier alpha value is -1.06. The van der Waals surface area contributed by atoms with E-state index >= 15 is 0 Å². The molecule has 1 aromatic rings. The van der Waals surface area contributed by atoms with Crippen LogP contribution < -0.4 is 10.5 Å². The van der Waals surface area contributed by atoms with E-state index in [-0.39, 0.29) is 6.10 Å². The zero-order chi connectivity index (χ0) is 11.2. The van der Waals surface area contributed by atoms with Gasteiger partial charge < -0.3 is 15.2 Å². The second-order valence-corrected chi connectivity index (χ2v) is 4.09. The molecule has 1 unspecified atom stereocenters. The summed E-state index contributed by atoms with van der Waals surface area (Å²) in [4.78, 5) is 0. The first-order valence-electron chi connectivity index (χ1n) is 5.92. The molecule has 2 rings (SSSR count). The summed E-state index contributed by atoms with van der Waals surface area (Å²) in [5.41, 5.74) is 6.75. The highest BCUT2D eigenvalue weighted by molar-refractivity contribution is 5.33. The van der Waals surface area contributed by atoms with Gasteiger partial charge in [0, 0.05) is 6.61 Å². The Balaban J connectivity index is 1.91. The number of ether oxygens (including phenoxy) is 2. The lowest BCUT2D eigenvalue weighted by Crippen LogP contribution is -2.17. The summed E-state index contributed by atoms with van der Waals surface area (Å²) in [7, 11) is 0. The molecule has 0 spiro atoms. The average molecular weight is 221 g/mol. The van der Waals surface area contributed by atoms with E-state index in [1.54, 1.807) is 0 Å². The summed E-state index contributed by atoms with van der Waals surface area (Å²) in [5, 5.41) is 0. The molecule has 2 N–H and O–H groups in total. The van der Waals surface area contributed by atoms with Gasteiger partial charge in [-0.15, -0.1) is 0 Å². The number of rotatable bonds is 5. The lowest BCUT2D eigenvalue weighted by Gasteiger charge is -2.14. The molecule has 88 valence electrons. The molecule has 1 atom stereocenters. The highest BCUT2D eigenvalue weighted by Crippen LogP contribution is 2.20. The van der Waals surface area contributed by atoms with Crippen LogP contribution >= 0.6 is 0 Å². The minimum atomic E-state index is 0.269. The van der Waals surface area contributed by atoms with Crippen molar-refractivity contribution in [2.24, 2.45) is 5.73 Å². The molecule has 1 fully saturated rings. The fourth-order valence-corrected chi connectivity index (χ4v) is 1.97. The SMILES string of the molecule is NCCc1ccccc1OCC1CCCO1. The number of hydrogen-bond donors (Lipinski definition) is 1. The van der Waals surface area contributed by atoms with Crippen molar-refractivity contribution in [3.8, 4) is 5.75 Å². The van der Waals surface area contributed by atoms with Gasteiger partial charge >= 0.3 is 0 Å². The molecule has 3 nitrogen and oxygen atoms in total. The minimum absolute atomic E-state index is 0.269. The highest BCUT2D eigenvalue weighted by atomic mass is 16.5. The maximum absolute atomic E-state index is 5.79. The predicted molar refractivity (Wildman–Crippen MR) is 63.7 cm³/mol. The maximum atomic E-state index is 5.79. The number of hydrogen-bond acceptors (Lipinski definition) is 3. The normalized spacial score (nSPS) is 19.9. The quantitative estimate of drug-likeness (QED) is 0.823. The van der Waals surface area contributed by atoms with Gasteiger partial charge in [-0.2, -0.15) is 0 Å². The third kappa shape index (κ3) is 2.97. The minimum Gasteiger partial charge on any atom is -0.491 e. The molecule has 3 heteroatoms. The van der Waals surface area contributed by atoms with Crippen molar-refractivity contribution < 1.29 is 9.47 Å². The highest BCUT2D eigenvalue weighted by Gasteiger charge is 2.16. The Morgan fingerprint density at radius 2 is 2.25 bits per heavy atom. The molecular formula is C13H19NO2. The van der Waals surface area contributed by atoms with Crippen LogP contribution in [0.3, 0.4) is 0 Å². The molecule has 1 heterocycles. The summed E-state index contributed by atoms with van der Waals surface area (Å²) < 4.78 is 11.3. The van der Waals surface area contributed by atoms with Gasteiger partial charge in [-0.3, -0.25) is 0 Å². The van der Waals surface area contributed by atoms with Crippen molar-refractivity contribution in [1.82, 2.24) is 0 Å². The maximum Gasteiger partial charge on any atom is 0.122 e. The van der Waals surface area contributed by atoms with E-state index in [1.165, 1.54) is 5.56 Å². The predicted octanol–water partition coefficient (Wildman–Crippen LogP) is 1.75. The van der Waals surface area contributed by atoms with E-state index in [9.17, 15) is 0 Å². The Labute approximate surface area is 96.5 Å². The van der Waals surface area contributed by atoms with Crippen molar-refractivity contribution in [3.05, 3.63) is 29.8 Å². The fraction of sp³-hybridized carbons (Fsp3) is 0.538. The lowest BCUT2D eigenvalue weighted by molar-refractivity contribution is 0.0676. The first-order valence-corrected chi connectivity index (χ1v) is 5.92. The third-order valence-corrected chi connectivity index (χ3v) is 2.84. The molecule has 1 aliphatic heterocycles. The van der Waals surface area contributed by atoms with Gasteiger partial charge in [0.05, 0.1) is 6.10 Å². The molecule has 0 radical (unpaired) electrons. The van der Waals surface area contributed by atoms with Gasteiger partial charge in [0.1, 0.15) is 12.4 Å². The van der Waals surface area contributed by atoms with Crippen LogP contribution in [0, 0.1) is 0 Å². The van der Waals surface area contributed by atoms with Crippen LogP contribution in [0.25, 0.3) is 0 Å². The van der Waals surface area contributed by atoms with E-state index in [1.807, 2.05) is 18.2 Å². The largest absolute Gasteiger partial charge is 0.491 e. The second-order valence-electron chi connectivity index (χ2n) is 4.09. The summed E-state index contributed by atoms with van der Waals surface area (Å²) in [6.45, 7) is 2.18. The van der Waals surface area contributed by atoms with Crippen LogP contribution in [0.15, 0.2) is 24.3 Å². The Morgan fingerprint density at radius 3 is 3.00 bits per heavy atom. The van der Waals surface area contributed by atoms with Crippen molar-refractivity contribution in [1.29, 1.82) is 0 Å². The van der Waals surface area contributed by atoms with E-state index in [2.05, 4.69) is 6.07 Å². The van der Waals surface area contributed by atoms with E-state index in [0.717, 1.165) is 31.6 Å². The van der Waals surface area contributed by atoms with Gasteiger partial charge in [0.25, 0.3) is 0 Å². The van der Waals surface area contributed by atoms with Gasteiger partial charge in [-0.05, 0) is 37.4 Å². The second kappa shape index (κ2) is 5.87. The van der Waals surface area contributed by atoms with Gasteiger partial charge in [-0.1, -0.05) is 18.2 Å². The summed E-state index contributed by atoms with van der Waals surface area (Å²) in [6, 6.07) is 8.08. The molecule has 1 aromatic carbocycles. The standard InChI is InChI=1S/C13H19NO2/c14-8-7-11-4-1-2-6-13(11)16-10-12-5-3-9-15-12/h1-2,4,6,12H,3,5,7-10,14H2. The smallest absolute Gasteiger partial charge is 0.122 e. The van der Waals surface area contributed by atoms with Gasteiger partial charge in [0.2, 0.25) is 0 Å². The van der Waals surface area contributed by atoms with Crippen molar-refractivity contribution in [2.75, 3.05) is 19.8 Å². The molecule has 1 aliphatic rings. The number of para-hydroxylation sites is 1. The lowest BCUT2D eigenvalue weighted by atomic mass is 10.1. The van der Waals surface area contributed by atoms with Crippen LogP contribution in [-0.4, -0.2) is 25.9 Å². The van der Waals surface area contributed by atoms with Crippen molar-refractivity contribution in [2.45, 2.75) is 25.4 Å². The average Bonchev–Trinajstić information content (AvgIpc) is 2.81. The monoisotopic (exact) mass is 221 g/mol. The number of nitrogens with two attached hydrogens (primary N) is 1. The third-order valence-electron chi connectivity index (χ3n) is 2.84. The topological polar surface area (TPSA) is 44.5 Å². The number of benzene rings is 1. The first kappa shape index (κ1) is 11.4. The van der Waals surface area contributed by atoms with E-state index in [0.29, 0.717) is 13.2 Å². The molecular weight excluding hydrogens is 202 g/mol. The van der Waals surface area contributed by atoms with Crippen molar-refractivity contribution in [3.63, 3.8) is 0 Å². The molecule has 1 saturated heterocycles. The van der Waals surface area contributed by atoms with E-state index in [4.69, 9.17) is 15.2 Å². The molecule has 0 aromatic heterocycles. The Morgan fingerprint density at radius 1 is 1.38 bits per heavy atom. The summed E-state index contributed by atoms with van der Waals surface area (Å²) >= 11 is 0. The van der Waals surface area contributed by atoms with Crippen LogP contribution in [0.4, 0.5) is 0 Å². The van der Waals surface area contributed by atoms with Crippen LogP contribution in [0.2, 0.25) is 0 Å².